The van der Waals surface area contributed by atoms with E-state index in [0.717, 1.165) is 16.0 Å². The van der Waals surface area contributed by atoms with E-state index in [1.807, 2.05) is 78.2 Å². The number of benzene rings is 2. The molecule has 3 aromatic rings. The molecule has 12 heteroatoms. The van der Waals surface area contributed by atoms with Gasteiger partial charge in [-0.05, 0) is 42.0 Å². The number of nitrogens with zero attached hydrogens (tertiary/aromatic N) is 1. The number of β-lactam (4-membered cyclic amide) rings is 1. The highest BCUT2D eigenvalue weighted by molar-refractivity contribution is 8.00. The van der Waals surface area contributed by atoms with Crippen molar-refractivity contribution in [3.63, 3.8) is 0 Å². The van der Waals surface area contributed by atoms with Crippen LogP contribution in [0.25, 0.3) is 0 Å². The van der Waals surface area contributed by atoms with Crippen molar-refractivity contribution in [3.8, 4) is 0 Å². The van der Waals surface area contributed by atoms with Crippen LogP contribution in [0.3, 0.4) is 0 Å². The van der Waals surface area contributed by atoms with Gasteiger partial charge in [-0.3, -0.25) is 19.1 Å². The molecule has 2 aliphatic heterocycles. The third-order valence-corrected chi connectivity index (χ3v) is 11.2. The van der Waals surface area contributed by atoms with Crippen LogP contribution < -0.4 is 5.32 Å². The lowest BCUT2D eigenvalue weighted by Gasteiger charge is -2.50. The maximum atomic E-state index is 14.1. The van der Waals surface area contributed by atoms with Gasteiger partial charge in [-0.2, -0.15) is 0 Å². The van der Waals surface area contributed by atoms with Crippen molar-refractivity contribution in [2.24, 2.45) is 0 Å². The maximum Gasteiger partial charge on any atom is 0.356 e. The van der Waals surface area contributed by atoms with Gasteiger partial charge in [0.1, 0.15) is 17.1 Å². The van der Waals surface area contributed by atoms with E-state index < -0.39 is 37.0 Å². The van der Waals surface area contributed by atoms with E-state index in [-0.39, 0.29) is 43.2 Å². The normalized spacial score (nSPS) is 18.3. The Labute approximate surface area is 259 Å². The number of thioether (sulfide) groups is 1. The second-order valence-corrected chi connectivity index (χ2v) is 14.1. The quantitative estimate of drug-likeness (QED) is 0.147. The molecule has 3 heterocycles. The van der Waals surface area contributed by atoms with Gasteiger partial charge in [0.25, 0.3) is 5.91 Å². The second kappa shape index (κ2) is 14.1. The number of esters is 1. The van der Waals surface area contributed by atoms with Gasteiger partial charge in [-0.1, -0.05) is 66.7 Å². The molecular weight excluding hydrogens is 607 g/mol. The Bertz CT molecular complexity index is 1470. The van der Waals surface area contributed by atoms with Crippen LogP contribution in [0.2, 0.25) is 0 Å². The second-order valence-electron chi connectivity index (χ2n) is 9.87. The van der Waals surface area contributed by atoms with Crippen molar-refractivity contribution in [2.45, 2.75) is 37.8 Å². The summed E-state index contributed by atoms with van der Waals surface area (Å²) >= 11 is 2.85. The number of nitrogens with one attached hydrogen (secondary N) is 1. The summed E-state index contributed by atoms with van der Waals surface area (Å²) in [6, 6.07) is 21.6. The Morgan fingerprint density at radius 2 is 1.60 bits per heavy atom. The van der Waals surface area contributed by atoms with Crippen LogP contribution in [0.15, 0.2) is 89.4 Å². The van der Waals surface area contributed by atoms with Gasteiger partial charge < -0.3 is 19.1 Å². The summed E-state index contributed by atoms with van der Waals surface area (Å²) in [5.41, 5.74) is 1.98. The highest BCUT2D eigenvalue weighted by Gasteiger charge is 2.55. The van der Waals surface area contributed by atoms with Crippen molar-refractivity contribution in [3.05, 3.63) is 105 Å². The molecule has 0 saturated carbocycles. The first-order valence-corrected chi connectivity index (χ1v) is 17.7. The number of amides is 2. The number of carbonyl (C=O) groups is 3. The minimum atomic E-state index is -3.61. The van der Waals surface area contributed by atoms with E-state index in [9.17, 15) is 18.9 Å². The molecule has 43 heavy (non-hydrogen) atoms. The monoisotopic (exact) mass is 640 g/mol. The molecule has 2 aliphatic rings. The number of ether oxygens (including phenoxy) is 1. The van der Waals surface area contributed by atoms with Crippen LogP contribution in [0, 0.1) is 0 Å². The van der Waals surface area contributed by atoms with Crippen LogP contribution in [0.5, 0.6) is 0 Å². The van der Waals surface area contributed by atoms with Crippen LogP contribution in [-0.2, 0) is 39.2 Å². The molecule has 226 valence electrons. The Morgan fingerprint density at radius 3 is 2.16 bits per heavy atom. The van der Waals surface area contributed by atoms with Crippen molar-refractivity contribution in [1.29, 1.82) is 0 Å². The summed E-state index contributed by atoms with van der Waals surface area (Å²) in [6.45, 7) is 3.75. The van der Waals surface area contributed by atoms with Crippen LogP contribution >= 0.6 is 30.7 Å². The topological polar surface area (TPSA) is 111 Å². The van der Waals surface area contributed by atoms with Crippen LogP contribution in [0.1, 0.15) is 36.0 Å². The van der Waals surface area contributed by atoms with E-state index >= 15 is 0 Å². The zero-order chi connectivity index (χ0) is 30.4. The summed E-state index contributed by atoms with van der Waals surface area (Å²) in [4.78, 5) is 42.7. The first-order valence-electron chi connectivity index (χ1n) is 14.0. The van der Waals surface area contributed by atoms with Gasteiger partial charge >= 0.3 is 13.6 Å². The molecule has 0 aliphatic carbocycles. The predicted molar refractivity (Wildman–Crippen MR) is 167 cm³/mol. The van der Waals surface area contributed by atoms with E-state index in [0.29, 0.717) is 5.57 Å². The van der Waals surface area contributed by atoms with Gasteiger partial charge in [-0.25, -0.2) is 4.79 Å². The molecule has 2 amide bonds. The van der Waals surface area contributed by atoms with E-state index in [4.69, 9.17) is 13.8 Å². The Balaban J connectivity index is 1.46. The average Bonchev–Trinajstić information content (AvgIpc) is 3.52. The van der Waals surface area contributed by atoms with Gasteiger partial charge in [0, 0.05) is 10.6 Å². The number of thiophene rings is 1. The Morgan fingerprint density at radius 1 is 0.977 bits per heavy atom. The number of rotatable bonds is 13. The van der Waals surface area contributed by atoms with Gasteiger partial charge in [0.05, 0.1) is 25.8 Å². The van der Waals surface area contributed by atoms with Crippen LogP contribution in [-0.4, -0.2) is 59.2 Å². The maximum absolute atomic E-state index is 14.1. The summed E-state index contributed by atoms with van der Waals surface area (Å²) in [5.74, 6) is -1.15. The lowest BCUT2D eigenvalue weighted by Crippen LogP contribution is -2.70. The Kier molecular flexibility index (Phi) is 10.2. The summed E-state index contributed by atoms with van der Waals surface area (Å²) in [6.07, 6.45) is -0.754. The Hall–Kier alpha value is -3.21. The molecular formula is C31H33N2O7PS2. The van der Waals surface area contributed by atoms with Crippen molar-refractivity contribution in [1.82, 2.24) is 10.2 Å². The first-order chi connectivity index (χ1) is 20.8. The minimum absolute atomic E-state index is 0.0222. The molecule has 0 spiro atoms. The SMILES string of the molecule is CCOP(=O)(CC1=C(C(=O)OC(c2ccccc2)c2ccccc2)N2C(=O)[C@@H](NC(=O)Cc3cccs3)[C@@H]2SC1)OCC. The third-order valence-electron chi connectivity index (χ3n) is 6.94. The summed E-state index contributed by atoms with van der Waals surface area (Å²) in [5, 5.41) is 4.21. The highest BCUT2D eigenvalue weighted by atomic mass is 32.2. The number of hydrogen-bond acceptors (Lipinski definition) is 9. The molecule has 1 fully saturated rings. The lowest BCUT2D eigenvalue weighted by molar-refractivity contribution is -0.154. The standard InChI is InChI=1S/C31H33N2O7PS2/c1-3-38-41(37,39-4-2)19-23-20-43-30-26(32-25(34)18-24-16-11-17-42-24)29(35)33(30)27(23)31(36)40-28(21-12-7-5-8-13-21)22-14-9-6-10-15-22/h5-17,26,28,30H,3-4,18-20H2,1-2H3,(H,32,34)/t26-,30+/m1/s1. The fraction of sp³-hybridized carbons (Fsp3) is 0.323. The van der Waals surface area contributed by atoms with E-state index in [2.05, 4.69) is 5.32 Å². The molecule has 0 unspecified atom stereocenters. The number of carbonyl (C=O) groups excluding carboxylic acids is 3. The molecule has 1 N–H and O–H groups in total. The number of hydrogen-bond donors (Lipinski definition) is 1. The van der Waals surface area contributed by atoms with E-state index in [1.165, 1.54) is 28.0 Å². The highest BCUT2D eigenvalue weighted by Crippen LogP contribution is 2.52. The fourth-order valence-electron chi connectivity index (χ4n) is 5.09. The zero-order valence-corrected chi connectivity index (χ0v) is 26.4. The van der Waals surface area contributed by atoms with Gasteiger partial charge in [0.15, 0.2) is 6.10 Å². The molecule has 2 atom stereocenters. The predicted octanol–water partition coefficient (Wildman–Crippen LogP) is 5.54. The zero-order valence-electron chi connectivity index (χ0n) is 23.8. The molecule has 0 radical (unpaired) electrons. The van der Waals surface area contributed by atoms with Gasteiger partial charge in [-0.15, -0.1) is 23.1 Å². The molecule has 1 aromatic heterocycles. The van der Waals surface area contributed by atoms with Crippen molar-refractivity contribution < 1.29 is 32.7 Å². The number of fused-ring (bicyclic) bond motifs is 1. The lowest BCUT2D eigenvalue weighted by atomic mass is 10.0. The smallest absolute Gasteiger partial charge is 0.356 e. The van der Waals surface area contributed by atoms with Gasteiger partial charge in [0.2, 0.25) is 5.91 Å². The summed E-state index contributed by atoms with van der Waals surface area (Å²) < 4.78 is 30.8. The molecule has 2 aromatic carbocycles. The minimum Gasteiger partial charge on any atom is -0.448 e. The summed E-state index contributed by atoms with van der Waals surface area (Å²) in [7, 11) is -3.61. The van der Waals surface area contributed by atoms with Crippen LogP contribution in [0.4, 0.5) is 0 Å². The fourth-order valence-corrected chi connectivity index (χ4v) is 9.07. The molecule has 0 bridgehead atoms. The first kappa shape index (κ1) is 31.2. The van der Waals surface area contributed by atoms with Crippen molar-refractivity contribution in [2.75, 3.05) is 25.1 Å². The van der Waals surface area contributed by atoms with E-state index in [1.54, 1.807) is 13.8 Å². The largest absolute Gasteiger partial charge is 0.448 e. The van der Waals surface area contributed by atoms with Crippen molar-refractivity contribution >= 4 is 48.5 Å². The molecule has 1 saturated heterocycles. The average molecular weight is 641 g/mol. The molecule has 9 nitrogen and oxygen atoms in total. The molecule has 5 rings (SSSR count). The third kappa shape index (κ3) is 7.13.